The second kappa shape index (κ2) is 7.85. The third-order valence-corrected chi connectivity index (χ3v) is 4.41. The monoisotopic (exact) mass is 395 g/mol. The number of esters is 1. The van der Waals surface area contributed by atoms with Crippen molar-refractivity contribution in [1.29, 1.82) is 0 Å². The van der Waals surface area contributed by atoms with Gasteiger partial charge in [0.2, 0.25) is 6.79 Å². The minimum Gasteiger partial charge on any atom is -0.454 e. The maximum absolute atomic E-state index is 12.2. The minimum atomic E-state index is -0.991. The normalized spacial score (nSPS) is 13.2. The Morgan fingerprint density at radius 1 is 1.15 bits per heavy atom. The zero-order valence-corrected chi connectivity index (χ0v) is 15.3. The van der Waals surface area contributed by atoms with Gasteiger partial charge >= 0.3 is 5.97 Å². The number of rotatable bonds is 5. The number of carbonyl (C=O) groups excluding carboxylic acids is 2. The van der Waals surface area contributed by atoms with Crippen LogP contribution in [0.1, 0.15) is 12.5 Å². The van der Waals surface area contributed by atoms with Crippen LogP contribution in [0.25, 0.3) is 0 Å². The van der Waals surface area contributed by atoms with Crippen LogP contribution < -0.4 is 14.8 Å². The molecule has 0 aliphatic carbocycles. The molecule has 8 heteroatoms. The maximum atomic E-state index is 12.2. The SMILES string of the molecule is C[C@@H](OC(=O)Cc1c(Cl)cccc1Cl)C(=O)Nc1ccc2c(c1)OCO2. The summed E-state index contributed by atoms with van der Waals surface area (Å²) in [6.45, 7) is 1.62. The third-order valence-electron chi connectivity index (χ3n) is 3.70. The molecule has 6 nitrogen and oxygen atoms in total. The van der Waals surface area contributed by atoms with E-state index in [0.717, 1.165) is 0 Å². The van der Waals surface area contributed by atoms with E-state index < -0.39 is 18.0 Å². The lowest BCUT2D eigenvalue weighted by atomic mass is 10.1. The molecule has 1 aliphatic heterocycles. The van der Waals surface area contributed by atoms with E-state index in [1.54, 1.807) is 36.4 Å². The Labute approximate surface area is 159 Å². The molecule has 1 atom stereocenters. The van der Waals surface area contributed by atoms with Crippen LogP contribution in [-0.2, 0) is 20.7 Å². The van der Waals surface area contributed by atoms with Crippen LogP contribution in [0.3, 0.4) is 0 Å². The second-order valence-corrected chi connectivity index (χ2v) is 6.38. The maximum Gasteiger partial charge on any atom is 0.311 e. The number of benzene rings is 2. The Balaban J connectivity index is 1.58. The average Bonchev–Trinajstić information content (AvgIpc) is 3.06. The Morgan fingerprint density at radius 3 is 2.58 bits per heavy atom. The standard InChI is InChI=1S/C18H15Cl2NO5/c1-10(26-17(22)8-12-13(19)3-2-4-14(12)20)18(23)21-11-5-6-15-16(7-11)25-9-24-15/h2-7,10H,8-9H2,1H3,(H,21,23)/t10-/m1/s1. The minimum absolute atomic E-state index is 0.125. The molecule has 0 aromatic heterocycles. The third kappa shape index (κ3) is 4.20. The van der Waals surface area contributed by atoms with Crippen molar-refractivity contribution in [3.63, 3.8) is 0 Å². The fourth-order valence-electron chi connectivity index (χ4n) is 2.36. The summed E-state index contributed by atoms with van der Waals surface area (Å²) in [4.78, 5) is 24.3. The predicted molar refractivity (Wildman–Crippen MR) is 96.9 cm³/mol. The van der Waals surface area contributed by atoms with Crippen LogP contribution in [0.2, 0.25) is 10.0 Å². The number of carbonyl (C=O) groups is 2. The molecule has 0 saturated heterocycles. The van der Waals surface area contributed by atoms with Crippen molar-refractivity contribution in [2.24, 2.45) is 0 Å². The summed E-state index contributed by atoms with van der Waals surface area (Å²) in [5.41, 5.74) is 0.973. The van der Waals surface area contributed by atoms with Crippen LogP contribution >= 0.6 is 23.2 Å². The van der Waals surface area contributed by atoms with E-state index in [4.69, 9.17) is 37.4 Å². The Bertz CT molecular complexity index is 835. The first-order valence-electron chi connectivity index (χ1n) is 7.77. The van der Waals surface area contributed by atoms with Crippen molar-refractivity contribution >= 4 is 40.8 Å². The molecule has 136 valence electrons. The number of halogens is 2. The second-order valence-electron chi connectivity index (χ2n) is 5.57. The summed E-state index contributed by atoms with van der Waals surface area (Å²) in [7, 11) is 0. The number of nitrogens with one attached hydrogen (secondary N) is 1. The lowest BCUT2D eigenvalue weighted by Crippen LogP contribution is -2.30. The van der Waals surface area contributed by atoms with E-state index in [-0.39, 0.29) is 13.2 Å². The Kier molecular flexibility index (Phi) is 5.54. The molecule has 3 rings (SSSR count). The van der Waals surface area contributed by atoms with E-state index >= 15 is 0 Å². The predicted octanol–water partition coefficient (Wildman–Crippen LogP) is 3.84. The van der Waals surface area contributed by atoms with Crippen molar-refractivity contribution in [3.05, 3.63) is 52.0 Å². The highest BCUT2D eigenvalue weighted by Gasteiger charge is 2.21. The molecule has 2 aromatic carbocycles. The number of hydrogen-bond acceptors (Lipinski definition) is 5. The Hall–Kier alpha value is -2.44. The number of fused-ring (bicyclic) bond motifs is 1. The smallest absolute Gasteiger partial charge is 0.311 e. The van der Waals surface area contributed by atoms with Gasteiger partial charge in [0.1, 0.15) is 0 Å². The van der Waals surface area contributed by atoms with Crippen LogP contribution in [0.4, 0.5) is 5.69 Å². The van der Waals surface area contributed by atoms with Gasteiger partial charge < -0.3 is 19.5 Å². The lowest BCUT2D eigenvalue weighted by molar-refractivity contribution is -0.152. The zero-order valence-electron chi connectivity index (χ0n) is 13.8. The zero-order chi connectivity index (χ0) is 18.7. The lowest BCUT2D eigenvalue weighted by Gasteiger charge is -2.14. The molecule has 0 radical (unpaired) electrons. The van der Waals surface area contributed by atoms with Gasteiger partial charge in [-0.2, -0.15) is 0 Å². The number of hydrogen-bond donors (Lipinski definition) is 1. The molecule has 1 heterocycles. The molecule has 0 saturated carbocycles. The Morgan fingerprint density at radius 2 is 1.85 bits per heavy atom. The van der Waals surface area contributed by atoms with Gasteiger partial charge in [0.25, 0.3) is 5.91 Å². The average molecular weight is 396 g/mol. The summed E-state index contributed by atoms with van der Waals surface area (Å²) >= 11 is 12.1. The highest BCUT2D eigenvalue weighted by Crippen LogP contribution is 2.34. The molecule has 1 aliphatic rings. The van der Waals surface area contributed by atoms with E-state index in [9.17, 15) is 9.59 Å². The van der Waals surface area contributed by atoms with Crippen molar-refractivity contribution in [1.82, 2.24) is 0 Å². The van der Waals surface area contributed by atoms with Crippen LogP contribution in [0.5, 0.6) is 11.5 Å². The molecular weight excluding hydrogens is 381 g/mol. The molecule has 0 bridgehead atoms. The van der Waals surface area contributed by atoms with Crippen LogP contribution in [0, 0.1) is 0 Å². The van der Waals surface area contributed by atoms with Gasteiger partial charge in [0.15, 0.2) is 17.6 Å². The quantitative estimate of drug-likeness (QED) is 0.778. The highest BCUT2D eigenvalue weighted by molar-refractivity contribution is 6.36. The van der Waals surface area contributed by atoms with Gasteiger partial charge in [0, 0.05) is 27.4 Å². The number of anilines is 1. The molecule has 0 spiro atoms. The summed E-state index contributed by atoms with van der Waals surface area (Å²) < 4.78 is 15.6. The first kappa shape index (κ1) is 18.4. The van der Waals surface area contributed by atoms with Gasteiger partial charge in [-0.3, -0.25) is 9.59 Å². The summed E-state index contributed by atoms with van der Waals surface area (Å²) in [6, 6.07) is 9.94. The summed E-state index contributed by atoms with van der Waals surface area (Å²) in [6.07, 6.45) is -1.12. The number of amides is 1. The summed E-state index contributed by atoms with van der Waals surface area (Å²) in [5, 5.41) is 3.39. The van der Waals surface area contributed by atoms with E-state index in [1.807, 2.05) is 0 Å². The fourth-order valence-corrected chi connectivity index (χ4v) is 2.89. The van der Waals surface area contributed by atoms with E-state index in [2.05, 4.69) is 5.32 Å². The van der Waals surface area contributed by atoms with Gasteiger partial charge in [-0.1, -0.05) is 29.3 Å². The van der Waals surface area contributed by atoms with Crippen LogP contribution in [-0.4, -0.2) is 24.8 Å². The van der Waals surface area contributed by atoms with Crippen molar-refractivity contribution in [3.8, 4) is 11.5 Å². The molecule has 1 N–H and O–H groups in total. The van der Waals surface area contributed by atoms with Crippen LogP contribution in [0.15, 0.2) is 36.4 Å². The molecule has 0 unspecified atom stereocenters. The summed E-state index contributed by atoms with van der Waals surface area (Å²) in [5.74, 6) is 0.0794. The van der Waals surface area contributed by atoms with Gasteiger partial charge in [-0.05, 0) is 31.2 Å². The van der Waals surface area contributed by atoms with Crippen molar-refractivity contribution in [2.45, 2.75) is 19.4 Å². The van der Waals surface area contributed by atoms with Crippen molar-refractivity contribution in [2.75, 3.05) is 12.1 Å². The molecular formula is C18H15Cl2NO5. The first-order valence-corrected chi connectivity index (χ1v) is 8.52. The van der Waals surface area contributed by atoms with E-state index in [0.29, 0.717) is 32.8 Å². The molecule has 0 fully saturated rings. The topological polar surface area (TPSA) is 73.9 Å². The van der Waals surface area contributed by atoms with Gasteiger partial charge in [0.05, 0.1) is 6.42 Å². The van der Waals surface area contributed by atoms with Crippen molar-refractivity contribution < 1.29 is 23.8 Å². The highest BCUT2D eigenvalue weighted by atomic mass is 35.5. The largest absolute Gasteiger partial charge is 0.454 e. The molecule has 1 amide bonds. The van der Waals surface area contributed by atoms with E-state index in [1.165, 1.54) is 6.92 Å². The molecule has 2 aromatic rings. The van der Waals surface area contributed by atoms with Gasteiger partial charge in [-0.25, -0.2) is 0 Å². The van der Waals surface area contributed by atoms with Gasteiger partial charge in [-0.15, -0.1) is 0 Å². The first-order chi connectivity index (χ1) is 12.4. The fraction of sp³-hybridized carbons (Fsp3) is 0.222. The molecule has 26 heavy (non-hydrogen) atoms. The number of ether oxygens (including phenoxy) is 3.